The summed E-state index contributed by atoms with van der Waals surface area (Å²) in [5.74, 6) is 0.494. The number of alkyl halides is 3. The minimum Gasteiger partial charge on any atom is -0.493 e. The smallest absolute Gasteiger partial charge is 0.406 e. The van der Waals surface area contributed by atoms with E-state index in [4.69, 9.17) is 13.9 Å². The van der Waals surface area contributed by atoms with E-state index in [-0.39, 0.29) is 18.7 Å². The van der Waals surface area contributed by atoms with Crippen molar-refractivity contribution in [3.63, 3.8) is 0 Å². The van der Waals surface area contributed by atoms with E-state index in [0.717, 1.165) is 4.90 Å². The SMILES string of the molecule is COc1ccc(CC(=O)N(Cc2ccco2)CC(F)(F)F)cc1OC. The Labute approximate surface area is 142 Å². The summed E-state index contributed by atoms with van der Waals surface area (Å²) in [6.45, 7) is -1.60. The second-order valence-corrected chi connectivity index (χ2v) is 5.31. The highest BCUT2D eigenvalue weighted by Crippen LogP contribution is 2.28. The minimum absolute atomic E-state index is 0.197. The average Bonchev–Trinajstić information content (AvgIpc) is 3.05. The predicted octanol–water partition coefficient (Wildman–Crippen LogP) is 3.43. The van der Waals surface area contributed by atoms with Crippen molar-refractivity contribution in [1.82, 2.24) is 4.90 Å². The van der Waals surface area contributed by atoms with E-state index in [0.29, 0.717) is 17.1 Å². The summed E-state index contributed by atoms with van der Waals surface area (Å²) >= 11 is 0. The molecule has 0 spiro atoms. The van der Waals surface area contributed by atoms with Gasteiger partial charge >= 0.3 is 6.18 Å². The first kappa shape index (κ1) is 18.7. The van der Waals surface area contributed by atoms with Crippen LogP contribution in [-0.4, -0.2) is 37.7 Å². The van der Waals surface area contributed by atoms with Crippen LogP contribution in [0.5, 0.6) is 11.5 Å². The monoisotopic (exact) mass is 357 g/mol. The van der Waals surface area contributed by atoms with Crippen LogP contribution in [0.1, 0.15) is 11.3 Å². The first-order valence-electron chi connectivity index (χ1n) is 7.40. The molecule has 1 amide bonds. The largest absolute Gasteiger partial charge is 0.493 e. The molecule has 8 heteroatoms. The molecule has 0 fully saturated rings. The molecule has 0 aliphatic rings. The predicted molar refractivity (Wildman–Crippen MR) is 83.4 cm³/mol. The number of halogens is 3. The van der Waals surface area contributed by atoms with Gasteiger partial charge in [0, 0.05) is 0 Å². The van der Waals surface area contributed by atoms with Gasteiger partial charge in [0.15, 0.2) is 11.5 Å². The van der Waals surface area contributed by atoms with Gasteiger partial charge in [0.05, 0.1) is 33.4 Å². The third-order valence-electron chi connectivity index (χ3n) is 3.45. The lowest BCUT2D eigenvalue weighted by Gasteiger charge is -2.23. The minimum atomic E-state index is -4.50. The fourth-order valence-corrected chi connectivity index (χ4v) is 2.32. The van der Waals surface area contributed by atoms with Crippen LogP contribution in [0.25, 0.3) is 0 Å². The molecule has 0 radical (unpaired) electrons. The lowest BCUT2D eigenvalue weighted by Crippen LogP contribution is -2.39. The normalized spacial score (nSPS) is 11.2. The highest BCUT2D eigenvalue weighted by Gasteiger charge is 2.33. The van der Waals surface area contributed by atoms with Crippen molar-refractivity contribution in [1.29, 1.82) is 0 Å². The Bertz CT molecular complexity index is 698. The molecule has 0 aliphatic heterocycles. The Balaban J connectivity index is 2.15. The maximum absolute atomic E-state index is 12.8. The second-order valence-electron chi connectivity index (χ2n) is 5.31. The van der Waals surface area contributed by atoms with Crippen LogP contribution in [0.4, 0.5) is 13.2 Å². The maximum Gasteiger partial charge on any atom is 0.406 e. The molecule has 25 heavy (non-hydrogen) atoms. The summed E-state index contributed by atoms with van der Waals surface area (Å²) in [6, 6.07) is 7.85. The van der Waals surface area contributed by atoms with Crippen LogP contribution >= 0.6 is 0 Å². The Morgan fingerprint density at radius 1 is 1.16 bits per heavy atom. The van der Waals surface area contributed by atoms with Crippen molar-refractivity contribution in [2.24, 2.45) is 0 Å². The van der Waals surface area contributed by atoms with Gasteiger partial charge in [-0.25, -0.2) is 0 Å². The molecule has 5 nitrogen and oxygen atoms in total. The molecule has 0 bridgehead atoms. The molecule has 0 N–H and O–H groups in total. The molecule has 1 heterocycles. The van der Waals surface area contributed by atoms with Gasteiger partial charge in [-0.05, 0) is 29.8 Å². The molecular formula is C17H18F3NO4. The fourth-order valence-electron chi connectivity index (χ4n) is 2.32. The van der Waals surface area contributed by atoms with Crippen molar-refractivity contribution in [3.8, 4) is 11.5 Å². The number of hydrogen-bond donors (Lipinski definition) is 0. The van der Waals surface area contributed by atoms with E-state index in [1.807, 2.05) is 0 Å². The van der Waals surface area contributed by atoms with E-state index in [2.05, 4.69) is 0 Å². The van der Waals surface area contributed by atoms with Crippen molar-refractivity contribution in [3.05, 3.63) is 47.9 Å². The number of amides is 1. The third kappa shape index (κ3) is 5.44. The number of carbonyl (C=O) groups excluding carboxylic acids is 1. The summed E-state index contributed by atoms with van der Waals surface area (Å²) in [6.07, 6.45) is -3.35. The summed E-state index contributed by atoms with van der Waals surface area (Å²) in [7, 11) is 2.91. The molecular weight excluding hydrogens is 339 g/mol. The molecule has 0 aliphatic carbocycles. The van der Waals surface area contributed by atoms with Gasteiger partial charge in [0.2, 0.25) is 5.91 Å². The van der Waals surface area contributed by atoms with Crippen LogP contribution in [0.3, 0.4) is 0 Å². The average molecular weight is 357 g/mol. The standard InChI is InChI=1S/C17H18F3NO4/c1-23-14-6-5-12(8-15(14)24-2)9-16(22)21(11-17(18,19)20)10-13-4-3-7-25-13/h3-8H,9-11H2,1-2H3. The number of ether oxygens (including phenoxy) is 2. The number of carbonyl (C=O) groups is 1. The summed E-state index contributed by atoms with van der Waals surface area (Å²) in [5, 5.41) is 0. The van der Waals surface area contributed by atoms with Gasteiger partial charge in [0.25, 0.3) is 0 Å². The van der Waals surface area contributed by atoms with Crippen LogP contribution in [0.2, 0.25) is 0 Å². The third-order valence-corrected chi connectivity index (χ3v) is 3.45. The highest BCUT2D eigenvalue weighted by atomic mass is 19.4. The zero-order valence-corrected chi connectivity index (χ0v) is 13.8. The van der Waals surface area contributed by atoms with Crippen molar-refractivity contribution < 1.29 is 31.9 Å². The number of nitrogens with zero attached hydrogens (tertiary/aromatic N) is 1. The molecule has 1 aromatic carbocycles. The number of methoxy groups -OCH3 is 2. The van der Waals surface area contributed by atoms with E-state index >= 15 is 0 Å². The van der Waals surface area contributed by atoms with E-state index < -0.39 is 18.6 Å². The van der Waals surface area contributed by atoms with Gasteiger partial charge in [-0.3, -0.25) is 4.79 Å². The van der Waals surface area contributed by atoms with E-state index in [1.54, 1.807) is 24.3 Å². The van der Waals surface area contributed by atoms with Gasteiger partial charge in [-0.2, -0.15) is 13.2 Å². The van der Waals surface area contributed by atoms with Gasteiger partial charge in [0.1, 0.15) is 12.3 Å². The van der Waals surface area contributed by atoms with Crippen LogP contribution in [0.15, 0.2) is 41.0 Å². The number of rotatable bonds is 7. The van der Waals surface area contributed by atoms with Gasteiger partial charge < -0.3 is 18.8 Å². The van der Waals surface area contributed by atoms with Crippen LogP contribution in [0, 0.1) is 0 Å². The quantitative estimate of drug-likeness (QED) is 0.762. The Morgan fingerprint density at radius 3 is 2.44 bits per heavy atom. The van der Waals surface area contributed by atoms with E-state index in [9.17, 15) is 18.0 Å². The lowest BCUT2D eigenvalue weighted by atomic mass is 10.1. The molecule has 0 atom stereocenters. The Hall–Kier alpha value is -2.64. The summed E-state index contributed by atoms with van der Waals surface area (Å²) in [4.78, 5) is 13.1. The van der Waals surface area contributed by atoms with Crippen molar-refractivity contribution >= 4 is 5.91 Å². The first-order valence-corrected chi connectivity index (χ1v) is 7.40. The molecule has 0 saturated heterocycles. The van der Waals surface area contributed by atoms with Gasteiger partial charge in [-0.15, -0.1) is 0 Å². The van der Waals surface area contributed by atoms with E-state index in [1.165, 1.54) is 26.5 Å². The molecule has 1 aromatic heterocycles. The fraction of sp³-hybridized carbons (Fsp3) is 0.353. The topological polar surface area (TPSA) is 51.9 Å². The van der Waals surface area contributed by atoms with Crippen molar-refractivity contribution in [2.75, 3.05) is 20.8 Å². The second kappa shape index (κ2) is 7.96. The van der Waals surface area contributed by atoms with Crippen molar-refractivity contribution in [2.45, 2.75) is 19.1 Å². The Kier molecular flexibility index (Phi) is 5.95. The summed E-state index contributed by atoms with van der Waals surface area (Å²) < 4.78 is 53.7. The lowest BCUT2D eigenvalue weighted by molar-refractivity contribution is -0.162. The Morgan fingerprint density at radius 2 is 1.88 bits per heavy atom. The van der Waals surface area contributed by atoms with Crippen LogP contribution < -0.4 is 9.47 Å². The number of benzene rings is 1. The van der Waals surface area contributed by atoms with Gasteiger partial charge in [-0.1, -0.05) is 6.07 Å². The molecule has 2 aromatic rings. The summed E-state index contributed by atoms with van der Waals surface area (Å²) in [5.41, 5.74) is 0.522. The van der Waals surface area contributed by atoms with Crippen LogP contribution in [-0.2, 0) is 17.8 Å². The molecule has 136 valence electrons. The highest BCUT2D eigenvalue weighted by molar-refractivity contribution is 5.79. The molecule has 2 rings (SSSR count). The first-order chi connectivity index (χ1) is 11.8. The molecule has 0 unspecified atom stereocenters. The zero-order valence-electron chi connectivity index (χ0n) is 13.8. The zero-order chi connectivity index (χ0) is 18.4. The number of furan rings is 1. The maximum atomic E-state index is 12.8. The molecule has 0 saturated carbocycles. The number of hydrogen-bond acceptors (Lipinski definition) is 4.